The third-order valence-electron chi connectivity index (χ3n) is 3.15. The highest BCUT2D eigenvalue weighted by atomic mass is 19.1. The first-order valence-electron chi connectivity index (χ1n) is 6.69. The molecule has 0 aliphatic carbocycles. The summed E-state index contributed by atoms with van der Waals surface area (Å²) in [5.74, 6) is 3.86. The second kappa shape index (κ2) is 6.86. The van der Waals surface area contributed by atoms with Gasteiger partial charge in [-0.05, 0) is 31.0 Å². The van der Waals surface area contributed by atoms with Crippen molar-refractivity contribution in [1.29, 1.82) is 0 Å². The molecule has 0 saturated carbocycles. The van der Waals surface area contributed by atoms with Gasteiger partial charge in [0, 0.05) is 12.1 Å². The highest BCUT2D eigenvalue weighted by Gasteiger charge is 2.24. The Morgan fingerprint density at radius 2 is 2.33 bits per heavy atom. The third-order valence-corrected chi connectivity index (χ3v) is 3.15. The van der Waals surface area contributed by atoms with E-state index in [1.54, 1.807) is 0 Å². The van der Waals surface area contributed by atoms with Gasteiger partial charge in [-0.3, -0.25) is 9.59 Å². The number of benzene rings is 1. The Morgan fingerprint density at radius 1 is 1.52 bits per heavy atom. The number of nitrogens with two attached hydrogens (primary N) is 1. The number of hydrogen-bond donors (Lipinski definition) is 3. The number of rotatable bonds is 2. The fourth-order valence-corrected chi connectivity index (χ4v) is 2.06. The molecule has 1 aromatic carbocycles. The molecule has 6 heteroatoms. The molecule has 1 fully saturated rings. The molecule has 2 amide bonds. The van der Waals surface area contributed by atoms with E-state index < -0.39 is 17.8 Å². The van der Waals surface area contributed by atoms with Crippen molar-refractivity contribution in [3.05, 3.63) is 35.1 Å². The molecule has 0 spiro atoms. The topological polar surface area (TPSA) is 84.2 Å². The van der Waals surface area contributed by atoms with Crippen molar-refractivity contribution in [3.8, 4) is 11.8 Å². The number of hydrogen-bond acceptors (Lipinski definition) is 3. The zero-order valence-electron chi connectivity index (χ0n) is 11.4. The molecule has 1 aliphatic heterocycles. The molecule has 1 heterocycles. The van der Waals surface area contributed by atoms with Crippen molar-refractivity contribution < 1.29 is 14.0 Å². The van der Waals surface area contributed by atoms with Crippen LogP contribution >= 0.6 is 0 Å². The minimum Gasteiger partial charge on any atom is -0.354 e. The van der Waals surface area contributed by atoms with E-state index in [0.29, 0.717) is 13.0 Å². The van der Waals surface area contributed by atoms with Gasteiger partial charge in [0.1, 0.15) is 11.9 Å². The third kappa shape index (κ3) is 3.80. The lowest BCUT2D eigenvalue weighted by molar-refractivity contribution is -0.124. The van der Waals surface area contributed by atoms with Gasteiger partial charge in [-0.2, -0.15) is 0 Å². The smallest absolute Gasteiger partial charge is 0.252 e. The van der Waals surface area contributed by atoms with Gasteiger partial charge in [0.25, 0.3) is 5.91 Å². The Morgan fingerprint density at radius 3 is 3.00 bits per heavy atom. The molecule has 0 bridgehead atoms. The summed E-state index contributed by atoms with van der Waals surface area (Å²) in [7, 11) is 0. The van der Waals surface area contributed by atoms with E-state index in [-0.39, 0.29) is 23.6 Å². The Labute approximate surface area is 122 Å². The Balaban J connectivity index is 2.09. The second-order valence-corrected chi connectivity index (χ2v) is 4.66. The molecule has 1 unspecified atom stereocenters. The van der Waals surface area contributed by atoms with Crippen molar-refractivity contribution in [2.45, 2.75) is 18.9 Å². The van der Waals surface area contributed by atoms with E-state index in [1.165, 1.54) is 12.1 Å². The van der Waals surface area contributed by atoms with E-state index in [9.17, 15) is 14.0 Å². The number of amides is 2. The molecular weight excluding hydrogens is 273 g/mol. The highest BCUT2D eigenvalue weighted by Crippen LogP contribution is 2.11. The fourth-order valence-electron chi connectivity index (χ4n) is 2.06. The molecule has 1 saturated heterocycles. The van der Waals surface area contributed by atoms with Crippen LogP contribution in [-0.2, 0) is 4.79 Å². The van der Waals surface area contributed by atoms with Crippen LogP contribution in [0.2, 0.25) is 0 Å². The molecule has 2 rings (SSSR count). The average molecular weight is 289 g/mol. The van der Waals surface area contributed by atoms with E-state index >= 15 is 0 Å². The minimum absolute atomic E-state index is 0.137. The summed E-state index contributed by atoms with van der Waals surface area (Å²) in [6.07, 6.45) is 1.39. The first-order chi connectivity index (χ1) is 10.1. The zero-order valence-corrected chi connectivity index (χ0v) is 11.4. The molecule has 5 nitrogen and oxygen atoms in total. The maximum Gasteiger partial charge on any atom is 0.252 e. The van der Waals surface area contributed by atoms with Crippen LogP contribution in [0.5, 0.6) is 0 Å². The van der Waals surface area contributed by atoms with Gasteiger partial charge >= 0.3 is 0 Å². The molecule has 0 radical (unpaired) electrons. The van der Waals surface area contributed by atoms with Crippen LogP contribution in [0.1, 0.15) is 28.8 Å². The molecule has 110 valence electrons. The van der Waals surface area contributed by atoms with Gasteiger partial charge in [-0.15, -0.1) is 0 Å². The maximum absolute atomic E-state index is 13.8. The number of piperidine rings is 1. The predicted molar refractivity (Wildman–Crippen MR) is 75.8 cm³/mol. The standard InChI is InChI=1S/C15H16FN3O2/c16-12-9-11(6-5-10(12)3-1-7-17)14(20)19-13-4-2-8-18-15(13)21/h5-6,9,13H,2,4,7-8,17H2,(H,18,21)(H,19,20). The summed E-state index contributed by atoms with van der Waals surface area (Å²) in [6, 6.07) is 3.44. The number of halogens is 1. The molecule has 1 aromatic rings. The van der Waals surface area contributed by atoms with E-state index in [0.717, 1.165) is 12.5 Å². The quantitative estimate of drug-likeness (QED) is 0.677. The van der Waals surface area contributed by atoms with Gasteiger partial charge in [0.05, 0.1) is 12.1 Å². The number of carbonyl (C=O) groups excluding carboxylic acids is 2. The summed E-state index contributed by atoms with van der Waals surface area (Å²) in [6.45, 7) is 0.757. The number of carbonyl (C=O) groups is 2. The summed E-state index contributed by atoms with van der Waals surface area (Å²) in [4.78, 5) is 23.6. The lowest BCUT2D eigenvalue weighted by Gasteiger charge is -2.22. The Bertz CT molecular complexity index is 619. The van der Waals surface area contributed by atoms with Crippen molar-refractivity contribution in [2.24, 2.45) is 5.73 Å². The average Bonchev–Trinajstić information content (AvgIpc) is 2.48. The molecule has 4 N–H and O–H groups in total. The van der Waals surface area contributed by atoms with Crippen LogP contribution in [-0.4, -0.2) is 30.9 Å². The fraction of sp³-hybridized carbons (Fsp3) is 0.333. The first kappa shape index (κ1) is 15.0. The largest absolute Gasteiger partial charge is 0.354 e. The second-order valence-electron chi connectivity index (χ2n) is 4.66. The van der Waals surface area contributed by atoms with Crippen molar-refractivity contribution in [3.63, 3.8) is 0 Å². The SMILES string of the molecule is NCC#Cc1ccc(C(=O)NC2CCCNC2=O)cc1F. The number of nitrogens with one attached hydrogen (secondary N) is 2. The first-order valence-corrected chi connectivity index (χ1v) is 6.69. The van der Waals surface area contributed by atoms with Gasteiger partial charge in [-0.25, -0.2) is 4.39 Å². The van der Waals surface area contributed by atoms with Crippen LogP contribution in [0.4, 0.5) is 4.39 Å². The van der Waals surface area contributed by atoms with Crippen LogP contribution < -0.4 is 16.4 Å². The summed E-state index contributed by atoms with van der Waals surface area (Å²) >= 11 is 0. The van der Waals surface area contributed by atoms with Gasteiger partial charge < -0.3 is 16.4 Å². The molecular formula is C15H16FN3O2. The normalized spacial score (nSPS) is 17.4. The lowest BCUT2D eigenvalue weighted by Crippen LogP contribution is -2.50. The van der Waals surface area contributed by atoms with Gasteiger partial charge in [-0.1, -0.05) is 11.8 Å². The van der Waals surface area contributed by atoms with Crippen LogP contribution in [0.15, 0.2) is 18.2 Å². The Hall–Kier alpha value is -2.39. The zero-order chi connectivity index (χ0) is 15.2. The predicted octanol–water partition coefficient (Wildman–Crippen LogP) is 0.144. The monoisotopic (exact) mass is 289 g/mol. The van der Waals surface area contributed by atoms with Gasteiger partial charge in [0.15, 0.2) is 0 Å². The van der Waals surface area contributed by atoms with E-state index in [1.807, 2.05) is 0 Å². The summed E-state index contributed by atoms with van der Waals surface area (Å²) < 4.78 is 13.8. The summed E-state index contributed by atoms with van der Waals surface area (Å²) in [5.41, 5.74) is 5.57. The van der Waals surface area contributed by atoms with Crippen molar-refractivity contribution in [1.82, 2.24) is 10.6 Å². The highest BCUT2D eigenvalue weighted by molar-refractivity contribution is 5.97. The van der Waals surface area contributed by atoms with Crippen LogP contribution in [0.25, 0.3) is 0 Å². The molecule has 1 atom stereocenters. The van der Waals surface area contributed by atoms with Crippen LogP contribution in [0.3, 0.4) is 0 Å². The van der Waals surface area contributed by atoms with E-state index in [2.05, 4.69) is 22.5 Å². The summed E-state index contributed by atoms with van der Waals surface area (Å²) in [5, 5.41) is 5.28. The molecule has 21 heavy (non-hydrogen) atoms. The molecule has 0 aromatic heterocycles. The van der Waals surface area contributed by atoms with E-state index in [4.69, 9.17) is 5.73 Å². The lowest BCUT2D eigenvalue weighted by atomic mass is 10.1. The Kier molecular flexibility index (Phi) is 4.90. The van der Waals surface area contributed by atoms with Crippen LogP contribution in [0, 0.1) is 17.7 Å². The minimum atomic E-state index is -0.586. The van der Waals surface area contributed by atoms with Gasteiger partial charge in [0.2, 0.25) is 5.91 Å². The van der Waals surface area contributed by atoms with Crippen molar-refractivity contribution in [2.75, 3.05) is 13.1 Å². The molecule has 1 aliphatic rings. The van der Waals surface area contributed by atoms with Crippen molar-refractivity contribution >= 4 is 11.8 Å². The maximum atomic E-state index is 13.8.